The number of aryl methyl sites for hydroxylation is 1. The summed E-state index contributed by atoms with van der Waals surface area (Å²) in [5, 5.41) is 0. The summed E-state index contributed by atoms with van der Waals surface area (Å²) in [5.41, 5.74) is 3.62. The number of hydrogen-bond acceptors (Lipinski definition) is 2. The molecule has 2 aromatic carbocycles. The zero-order valence-corrected chi connectivity index (χ0v) is 17.8. The average molecular weight is 393 g/mol. The highest BCUT2D eigenvalue weighted by Crippen LogP contribution is 2.26. The second kappa shape index (κ2) is 9.73. The second-order valence-corrected chi connectivity index (χ2v) is 8.46. The Labute approximate surface area is 174 Å². The molecule has 2 aromatic rings. The van der Waals surface area contributed by atoms with E-state index in [1.807, 2.05) is 51.2 Å². The minimum absolute atomic E-state index is 0.0460. The van der Waals surface area contributed by atoms with Crippen LogP contribution in [0.2, 0.25) is 0 Å². The summed E-state index contributed by atoms with van der Waals surface area (Å²) in [5.74, 6) is 0.397. The van der Waals surface area contributed by atoms with Crippen molar-refractivity contribution in [1.29, 1.82) is 0 Å². The highest BCUT2D eigenvalue weighted by atomic mass is 16.2. The van der Waals surface area contributed by atoms with Crippen molar-refractivity contribution in [2.45, 2.75) is 52.1 Å². The molecule has 2 amide bonds. The van der Waals surface area contributed by atoms with Gasteiger partial charge in [-0.15, -0.1) is 0 Å². The molecule has 0 spiro atoms. The molecule has 1 aliphatic rings. The first-order chi connectivity index (χ1) is 14.0. The van der Waals surface area contributed by atoms with E-state index in [-0.39, 0.29) is 17.7 Å². The Morgan fingerprint density at radius 2 is 1.69 bits per heavy atom. The molecule has 1 heterocycles. The number of rotatable bonds is 7. The largest absolute Gasteiger partial charge is 0.344 e. The molecule has 1 unspecified atom stereocenters. The molecule has 0 N–H and O–H groups in total. The van der Waals surface area contributed by atoms with Gasteiger partial charge in [0.1, 0.15) is 6.04 Å². The van der Waals surface area contributed by atoms with Crippen LogP contribution in [0.15, 0.2) is 54.6 Å². The Balaban J connectivity index is 1.68. The molecule has 1 aliphatic heterocycles. The van der Waals surface area contributed by atoms with Crippen molar-refractivity contribution < 1.29 is 9.59 Å². The predicted molar refractivity (Wildman–Crippen MR) is 116 cm³/mol. The van der Waals surface area contributed by atoms with Gasteiger partial charge < -0.3 is 9.80 Å². The van der Waals surface area contributed by atoms with Gasteiger partial charge in [-0.05, 0) is 35.4 Å². The van der Waals surface area contributed by atoms with E-state index in [0.717, 1.165) is 18.4 Å². The molecule has 4 nitrogen and oxygen atoms in total. The lowest BCUT2D eigenvalue weighted by Gasteiger charge is -2.38. The fourth-order valence-corrected chi connectivity index (χ4v) is 4.00. The van der Waals surface area contributed by atoms with Crippen LogP contribution in [-0.2, 0) is 29.0 Å². The van der Waals surface area contributed by atoms with E-state index in [2.05, 4.69) is 24.3 Å². The van der Waals surface area contributed by atoms with Crippen molar-refractivity contribution in [2.24, 2.45) is 5.92 Å². The lowest BCUT2D eigenvalue weighted by atomic mass is 9.92. The maximum absolute atomic E-state index is 13.3. The van der Waals surface area contributed by atoms with Gasteiger partial charge in [0.25, 0.3) is 0 Å². The highest BCUT2D eigenvalue weighted by Gasteiger charge is 2.35. The van der Waals surface area contributed by atoms with Crippen molar-refractivity contribution in [3.63, 3.8) is 0 Å². The summed E-state index contributed by atoms with van der Waals surface area (Å²) in [6, 6.07) is 18.1. The third-order valence-corrected chi connectivity index (χ3v) is 5.61. The smallest absolute Gasteiger partial charge is 0.245 e. The maximum Gasteiger partial charge on any atom is 0.245 e. The zero-order valence-electron chi connectivity index (χ0n) is 17.8. The SMILES string of the molecule is CC(C)CC(=O)N1Cc2ccccc2CC1C(=O)N(C)CCCc1ccccc1. The summed E-state index contributed by atoms with van der Waals surface area (Å²) in [4.78, 5) is 29.8. The Kier molecular flexibility index (Phi) is 7.08. The van der Waals surface area contributed by atoms with Gasteiger partial charge in [0, 0.05) is 33.0 Å². The van der Waals surface area contributed by atoms with E-state index in [1.165, 1.54) is 11.1 Å². The first-order valence-electron chi connectivity index (χ1n) is 10.6. The number of fused-ring (bicyclic) bond motifs is 1. The van der Waals surface area contributed by atoms with Gasteiger partial charge in [0.2, 0.25) is 11.8 Å². The molecule has 4 heteroatoms. The number of likely N-dealkylation sites (N-methyl/N-ethyl adjacent to an activating group) is 1. The second-order valence-electron chi connectivity index (χ2n) is 8.46. The van der Waals surface area contributed by atoms with Crippen molar-refractivity contribution in [3.05, 3.63) is 71.3 Å². The lowest BCUT2D eigenvalue weighted by Crippen LogP contribution is -2.53. The summed E-state index contributed by atoms with van der Waals surface area (Å²) < 4.78 is 0. The Morgan fingerprint density at radius 3 is 2.38 bits per heavy atom. The molecule has 0 fully saturated rings. The predicted octanol–water partition coefficient (Wildman–Crippen LogP) is 4.08. The van der Waals surface area contributed by atoms with Crippen LogP contribution in [0.4, 0.5) is 0 Å². The Morgan fingerprint density at radius 1 is 1.03 bits per heavy atom. The quantitative estimate of drug-likeness (QED) is 0.712. The molecular formula is C25H32N2O2. The molecule has 1 atom stereocenters. The van der Waals surface area contributed by atoms with Crippen LogP contribution in [0.25, 0.3) is 0 Å². The van der Waals surface area contributed by atoms with Crippen molar-refractivity contribution in [3.8, 4) is 0 Å². The number of hydrogen-bond donors (Lipinski definition) is 0. The minimum atomic E-state index is -0.405. The molecule has 0 saturated heterocycles. The van der Waals surface area contributed by atoms with Crippen LogP contribution in [-0.4, -0.2) is 41.2 Å². The van der Waals surface area contributed by atoms with E-state index < -0.39 is 6.04 Å². The van der Waals surface area contributed by atoms with E-state index in [4.69, 9.17) is 0 Å². The van der Waals surface area contributed by atoms with Gasteiger partial charge in [0.05, 0.1) is 0 Å². The maximum atomic E-state index is 13.3. The number of nitrogens with zero attached hydrogens (tertiary/aromatic N) is 2. The van der Waals surface area contributed by atoms with Crippen LogP contribution in [0.3, 0.4) is 0 Å². The Bertz CT molecular complexity index is 832. The lowest BCUT2D eigenvalue weighted by molar-refractivity contribution is -0.146. The van der Waals surface area contributed by atoms with Crippen molar-refractivity contribution in [2.75, 3.05) is 13.6 Å². The average Bonchev–Trinajstić information content (AvgIpc) is 2.72. The van der Waals surface area contributed by atoms with Gasteiger partial charge in [-0.3, -0.25) is 9.59 Å². The molecule has 29 heavy (non-hydrogen) atoms. The molecule has 3 rings (SSSR count). The highest BCUT2D eigenvalue weighted by molar-refractivity contribution is 5.88. The Hall–Kier alpha value is -2.62. The molecule has 0 radical (unpaired) electrons. The number of benzene rings is 2. The van der Waals surface area contributed by atoms with Crippen LogP contribution >= 0.6 is 0 Å². The van der Waals surface area contributed by atoms with Crippen molar-refractivity contribution in [1.82, 2.24) is 9.80 Å². The number of carbonyl (C=O) groups excluding carboxylic acids is 2. The first kappa shape index (κ1) is 21.1. The van der Waals surface area contributed by atoms with Crippen molar-refractivity contribution >= 4 is 11.8 Å². The molecule has 0 aliphatic carbocycles. The summed E-state index contributed by atoms with van der Waals surface area (Å²) in [6.07, 6.45) is 2.93. The number of amides is 2. The molecule has 154 valence electrons. The third-order valence-electron chi connectivity index (χ3n) is 5.61. The van der Waals surface area contributed by atoms with Gasteiger partial charge in [-0.2, -0.15) is 0 Å². The molecule has 0 bridgehead atoms. The van der Waals surface area contributed by atoms with Gasteiger partial charge in [0.15, 0.2) is 0 Å². The van der Waals surface area contributed by atoms with Crippen LogP contribution in [0, 0.1) is 5.92 Å². The van der Waals surface area contributed by atoms with E-state index in [0.29, 0.717) is 25.9 Å². The van der Waals surface area contributed by atoms with E-state index in [1.54, 1.807) is 9.80 Å². The van der Waals surface area contributed by atoms with E-state index in [9.17, 15) is 9.59 Å². The zero-order chi connectivity index (χ0) is 20.8. The topological polar surface area (TPSA) is 40.6 Å². The summed E-state index contributed by atoms with van der Waals surface area (Å²) in [6.45, 7) is 5.30. The van der Waals surface area contributed by atoms with Crippen LogP contribution in [0.5, 0.6) is 0 Å². The third kappa shape index (κ3) is 5.47. The summed E-state index contributed by atoms with van der Waals surface area (Å²) in [7, 11) is 1.86. The molecular weight excluding hydrogens is 360 g/mol. The van der Waals surface area contributed by atoms with Crippen LogP contribution in [0.1, 0.15) is 43.4 Å². The fourth-order valence-electron chi connectivity index (χ4n) is 4.00. The fraction of sp³-hybridized carbons (Fsp3) is 0.440. The molecule has 0 aromatic heterocycles. The minimum Gasteiger partial charge on any atom is -0.344 e. The van der Waals surface area contributed by atoms with Gasteiger partial charge in [-0.25, -0.2) is 0 Å². The van der Waals surface area contributed by atoms with Crippen LogP contribution < -0.4 is 0 Å². The van der Waals surface area contributed by atoms with E-state index >= 15 is 0 Å². The number of carbonyl (C=O) groups is 2. The van der Waals surface area contributed by atoms with Gasteiger partial charge in [-0.1, -0.05) is 68.4 Å². The van der Waals surface area contributed by atoms with Gasteiger partial charge >= 0.3 is 0 Å². The standard InChI is InChI=1S/C25H32N2O2/c1-19(2)16-24(28)27-18-22-14-8-7-13-21(22)17-23(27)25(29)26(3)15-9-12-20-10-5-4-6-11-20/h4-8,10-11,13-14,19,23H,9,12,15-18H2,1-3H3. The monoisotopic (exact) mass is 392 g/mol. The normalized spacial score (nSPS) is 15.9. The summed E-state index contributed by atoms with van der Waals surface area (Å²) >= 11 is 0. The first-order valence-corrected chi connectivity index (χ1v) is 10.6. The molecule has 0 saturated carbocycles.